The van der Waals surface area contributed by atoms with E-state index in [2.05, 4.69) is 22.5 Å². The highest BCUT2D eigenvalue weighted by Crippen LogP contribution is 2.11. The molecule has 0 aromatic heterocycles. The Morgan fingerprint density at radius 3 is 2.53 bits per heavy atom. The van der Waals surface area contributed by atoms with Crippen molar-refractivity contribution in [1.29, 1.82) is 5.41 Å². The molecule has 0 aliphatic heterocycles. The van der Waals surface area contributed by atoms with E-state index in [4.69, 9.17) is 21.8 Å². The lowest BCUT2D eigenvalue weighted by Gasteiger charge is -2.05. The highest BCUT2D eigenvalue weighted by molar-refractivity contribution is 6.45. The summed E-state index contributed by atoms with van der Waals surface area (Å²) in [5, 5.41) is 10.6. The Balaban J connectivity index is 4.79. The average Bonchev–Trinajstić information content (AvgIpc) is 2.19. The summed E-state index contributed by atoms with van der Waals surface area (Å²) in [6, 6.07) is 0. The molecular weight excluding hydrogens is 216 g/mol. The number of nitrogens with zero attached hydrogens (tertiary/aromatic N) is 1. The number of allylic oxidation sites excluding steroid dienone is 3. The van der Waals surface area contributed by atoms with Crippen LogP contribution in [-0.4, -0.2) is 26.5 Å². The van der Waals surface area contributed by atoms with Crippen LogP contribution in [0.3, 0.4) is 0 Å². The maximum atomic E-state index is 7.64. The maximum absolute atomic E-state index is 7.64. The van der Waals surface area contributed by atoms with Gasteiger partial charge in [0.1, 0.15) is 16.6 Å². The molecule has 0 radical (unpaired) electrons. The van der Waals surface area contributed by atoms with Gasteiger partial charge in [-0.1, -0.05) is 11.6 Å². The Morgan fingerprint density at radius 1 is 1.53 bits per heavy atom. The molecule has 0 atom stereocenters. The molecule has 0 aliphatic carbocycles. The van der Waals surface area contributed by atoms with Crippen molar-refractivity contribution in [3.8, 4) is 0 Å². The fourth-order valence-electron chi connectivity index (χ4n) is 0.843. The Hall–Kier alpha value is -1.33. The summed E-state index contributed by atoms with van der Waals surface area (Å²) >= 11 is 5.88. The van der Waals surface area contributed by atoms with Crippen molar-refractivity contribution in [1.82, 2.24) is 10.8 Å². The lowest BCUT2D eigenvalue weighted by atomic mass is 10.3. The predicted molar refractivity (Wildman–Crippen MR) is 63.1 cm³/mol. The van der Waals surface area contributed by atoms with Crippen LogP contribution < -0.4 is 10.8 Å². The van der Waals surface area contributed by atoms with Gasteiger partial charge in [0, 0.05) is 20.2 Å². The number of halogens is 1. The number of nitrogens with one attached hydrogen (secondary N) is 3. The Kier molecular flexibility index (Phi) is 6.40. The van der Waals surface area contributed by atoms with Crippen LogP contribution >= 0.6 is 11.6 Å². The Labute approximate surface area is 94.3 Å². The van der Waals surface area contributed by atoms with E-state index in [1.807, 2.05) is 0 Å². The van der Waals surface area contributed by atoms with Gasteiger partial charge in [0.15, 0.2) is 0 Å². The SMILES string of the molecule is C=N/C(NC)=C(/Cl)C(=N)/C=C(\C)ONC. The molecule has 0 rings (SSSR count). The normalized spacial score (nSPS) is 12.9. The maximum Gasteiger partial charge on any atom is 0.145 e. The average molecular weight is 231 g/mol. The minimum atomic E-state index is 0.0983. The van der Waals surface area contributed by atoms with Crippen LogP contribution in [0.15, 0.2) is 27.7 Å². The van der Waals surface area contributed by atoms with Gasteiger partial charge < -0.3 is 10.2 Å². The van der Waals surface area contributed by atoms with Gasteiger partial charge in [-0.15, -0.1) is 0 Å². The topological polar surface area (TPSA) is 69.5 Å². The fraction of sp³-hybridized carbons (Fsp3) is 0.333. The van der Waals surface area contributed by atoms with Crippen molar-refractivity contribution in [2.45, 2.75) is 6.92 Å². The monoisotopic (exact) mass is 230 g/mol. The fourth-order valence-corrected chi connectivity index (χ4v) is 1.05. The lowest BCUT2D eigenvalue weighted by molar-refractivity contribution is 0.128. The van der Waals surface area contributed by atoms with Crippen LogP contribution in [0.1, 0.15) is 6.92 Å². The lowest BCUT2D eigenvalue weighted by Crippen LogP contribution is -2.10. The van der Waals surface area contributed by atoms with E-state index in [0.29, 0.717) is 11.6 Å². The van der Waals surface area contributed by atoms with Crippen molar-refractivity contribution < 1.29 is 4.84 Å². The van der Waals surface area contributed by atoms with E-state index in [9.17, 15) is 0 Å². The van der Waals surface area contributed by atoms with Crippen molar-refractivity contribution in [3.63, 3.8) is 0 Å². The van der Waals surface area contributed by atoms with Gasteiger partial charge in [-0.05, 0) is 13.6 Å². The molecule has 0 fully saturated rings. The zero-order valence-electron chi connectivity index (χ0n) is 9.02. The number of hydrogen-bond acceptors (Lipinski definition) is 5. The summed E-state index contributed by atoms with van der Waals surface area (Å²) in [7, 11) is 3.28. The molecule has 0 amide bonds. The number of hydrogen-bond donors (Lipinski definition) is 3. The zero-order chi connectivity index (χ0) is 11.8. The summed E-state index contributed by atoms with van der Waals surface area (Å²) in [5.74, 6) is 0.885. The largest absolute Gasteiger partial charge is 0.414 e. The molecule has 0 spiro atoms. The van der Waals surface area contributed by atoms with Crippen LogP contribution in [0, 0.1) is 5.41 Å². The third kappa shape index (κ3) is 4.62. The highest BCUT2D eigenvalue weighted by Gasteiger charge is 2.06. The second-order valence-corrected chi connectivity index (χ2v) is 2.92. The van der Waals surface area contributed by atoms with E-state index in [1.165, 1.54) is 6.08 Å². The van der Waals surface area contributed by atoms with E-state index in [0.717, 1.165) is 0 Å². The number of aliphatic imine (C=N–C) groups is 1. The van der Waals surface area contributed by atoms with Crippen LogP contribution in [0.25, 0.3) is 0 Å². The predicted octanol–water partition coefficient (Wildman–Crippen LogP) is 1.39. The molecule has 6 heteroatoms. The second-order valence-electron chi connectivity index (χ2n) is 2.55. The molecule has 84 valence electrons. The number of rotatable bonds is 6. The van der Waals surface area contributed by atoms with Gasteiger partial charge >= 0.3 is 0 Å². The molecule has 5 nitrogen and oxygen atoms in total. The first kappa shape index (κ1) is 13.7. The van der Waals surface area contributed by atoms with Crippen LogP contribution in [-0.2, 0) is 4.84 Å². The molecule has 0 unspecified atom stereocenters. The smallest absolute Gasteiger partial charge is 0.145 e. The first-order chi connectivity index (χ1) is 7.06. The molecule has 0 saturated carbocycles. The van der Waals surface area contributed by atoms with Gasteiger partial charge in [-0.2, -0.15) is 5.48 Å². The first-order valence-corrected chi connectivity index (χ1v) is 4.59. The molecule has 0 saturated heterocycles. The standard InChI is InChI=1S/C9H15ClN4O/c1-6(15-14-4)5-7(11)8(10)9(12-2)13-3/h5,11,13-14H,2H2,1,3-4H3/b6-5+,9-8-,11-7?. The first-order valence-electron chi connectivity index (χ1n) is 4.21. The molecule has 0 bridgehead atoms. The summed E-state index contributed by atoms with van der Waals surface area (Å²) in [6.45, 7) is 5.04. The van der Waals surface area contributed by atoms with Gasteiger partial charge in [0.05, 0.1) is 5.71 Å². The van der Waals surface area contributed by atoms with Gasteiger partial charge in [-0.3, -0.25) is 5.41 Å². The van der Waals surface area contributed by atoms with Crippen molar-refractivity contribution >= 4 is 24.0 Å². The molecule has 15 heavy (non-hydrogen) atoms. The van der Waals surface area contributed by atoms with Crippen molar-refractivity contribution in [2.75, 3.05) is 14.1 Å². The van der Waals surface area contributed by atoms with Crippen LogP contribution in [0.4, 0.5) is 0 Å². The molecule has 0 aromatic carbocycles. The zero-order valence-corrected chi connectivity index (χ0v) is 9.77. The highest BCUT2D eigenvalue weighted by atomic mass is 35.5. The summed E-state index contributed by atoms with van der Waals surface area (Å²) < 4.78 is 0. The van der Waals surface area contributed by atoms with Crippen LogP contribution in [0.5, 0.6) is 0 Å². The molecule has 0 aliphatic rings. The van der Waals surface area contributed by atoms with Crippen molar-refractivity contribution in [2.24, 2.45) is 4.99 Å². The quantitative estimate of drug-likeness (QED) is 0.367. The summed E-state index contributed by atoms with van der Waals surface area (Å²) in [5.41, 5.74) is 2.59. The minimum absolute atomic E-state index is 0.0983. The van der Waals surface area contributed by atoms with Gasteiger partial charge in [0.25, 0.3) is 0 Å². The third-order valence-electron chi connectivity index (χ3n) is 1.45. The minimum Gasteiger partial charge on any atom is -0.414 e. The van der Waals surface area contributed by atoms with Gasteiger partial charge in [0.2, 0.25) is 0 Å². The Bertz CT molecular complexity index is 309. The van der Waals surface area contributed by atoms with Crippen LogP contribution in [0.2, 0.25) is 0 Å². The third-order valence-corrected chi connectivity index (χ3v) is 1.83. The second kappa shape index (κ2) is 7.03. The summed E-state index contributed by atoms with van der Waals surface area (Å²) in [4.78, 5) is 8.57. The van der Waals surface area contributed by atoms with Gasteiger partial charge in [-0.25, -0.2) is 4.99 Å². The van der Waals surface area contributed by atoms with E-state index < -0.39 is 0 Å². The Morgan fingerprint density at radius 2 is 2.13 bits per heavy atom. The molecular formula is C9H15ClN4O. The van der Waals surface area contributed by atoms with E-state index in [1.54, 1.807) is 21.0 Å². The van der Waals surface area contributed by atoms with E-state index >= 15 is 0 Å². The summed E-state index contributed by atoms with van der Waals surface area (Å²) in [6.07, 6.45) is 1.47. The number of hydroxylamine groups is 1. The van der Waals surface area contributed by atoms with E-state index in [-0.39, 0.29) is 10.7 Å². The molecule has 0 heterocycles. The molecule has 3 N–H and O–H groups in total. The molecule has 0 aromatic rings. The van der Waals surface area contributed by atoms with Crippen molar-refractivity contribution in [3.05, 3.63) is 22.7 Å².